The zero-order chi connectivity index (χ0) is 17.8. The topological polar surface area (TPSA) is 30.5 Å². The maximum atomic E-state index is 6.14. The Morgan fingerprint density at radius 3 is 2.52 bits per heavy atom. The molecule has 1 heterocycles. The minimum atomic E-state index is -0.147. The third-order valence-corrected chi connectivity index (χ3v) is 5.50. The Bertz CT molecular complexity index is 687. The van der Waals surface area contributed by atoms with Gasteiger partial charge in [0.1, 0.15) is 5.75 Å². The van der Waals surface area contributed by atoms with Gasteiger partial charge in [-0.1, -0.05) is 55.5 Å². The molecule has 2 aromatic carbocycles. The van der Waals surface area contributed by atoms with Gasteiger partial charge in [0.05, 0.1) is 18.2 Å². The predicted octanol–water partition coefficient (Wildman–Crippen LogP) is 4.66. The van der Waals surface area contributed by atoms with Crippen LogP contribution in [-0.4, -0.2) is 19.3 Å². The van der Waals surface area contributed by atoms with E-state index in [9.17, 15) is 0 Å². The molecule has 3 nitrogen and oxygen atoms in total. The van der Waals surface area contributed by atoms with Gasteiger partial charge in [-0.2, -0.15) is 0 Å². The van der Waals surface area contributed by atoms with Crippen molar-refractivity contribution in [2.75, 3.05) is 13.7 Å². The lowest BCUT2D eigenvalue weighted by Crippen LogP contribution is -2.53. The lowest BCUT2D eigenvalue weighted by molar-refractivity contribution is -0.104. The third kappa shape index (κ3) is 3.88. The molecule has 3 heteroatoms. The molecule has 0 amide bonds. The molecule has 0 spiro atoms. The molecule has 0 radical (unpaired) electrons. The van der Waals surface area contributed by atoms with Crippen molar-refractivity contribution >= 4 is 0 Å². The Hall–Kier alpha value is -1.84. The molecule has 0 aliphatic carbocycles. The van der Waals surface area contributed by atoms with Crippen LogP contribution in [0.25, 0.3) is 0 Å². The Morgan fingerprint density at radius 2 is 1.80 bits per heavy atom. The Balaban J connectivity index is 1.96. The zero-order valence-electron chi connectivity index (χ0n) is 15.5. The van der Waals surface area contributed by atoms with E-state index in [0.29, 0.717) is 0 Å². The fraction of sp³-hybridized carbons (Fsp3) is 0.455. The molecule has 2 atom stereocenters. The molecule has 1 fully saturated rings. The average molecular weight is 339 g/mol. The molecule has 0 aromatic heterocycles. The highest BCUT2D eigenvalue weighted by Gasteiger charge is 2.44. The summed E-state index contributed by atoms with van der Waals surface area (Å²) in [5.41, 5.74) is 2.26. The maximum absolute atomic E-state index is 6.14. The van der Waals surface area contributed by atoms with Gasteiger partial charge in [-0.25, -0.2) is 0 Å². The van der Waals surface area contributed by atoms with E-state index in [0.717, 1.165) is 38.2 Å². The number of hydrogen-bond donors (Lipinski definition) is 1. The van der Waals surface area contributed by atoms with Gasteiger partial charge in [-0.05, 0) is 37.8 Å². The molecule has 2 aromatic rings. The van der Waals surface area contributed by atoms with Gasteiger partial charge in [0.2, 0.25) is 0 Å². The number of nitrogens with one attached hydrogen (secondary N) is 1. The summed E-state index contributed by atoms with van der Waals surface area (Å²) in [5, 5.41) is 3.87. The van der Waals surface area contributed by atoms with E-state index < -0.39 is 0 Å². The second kappa shape index (κ2) is 7.59. The van der Waals surface area contributed by atoms with Crippen molar-refractivity contribution in [3.8, 4) is 5.75 Å². The molecule has 0 saturated carbocycles. The van der Waals surface area contributed by atoms with Gasteiger partial charge in [0.25, 0.3) is 0 Å². The highest BCUT2D eigenvalue weighted by atomic mass is 16.5. The summed E-state index contributed by atoms with van der Waals surface area (Å²) in [6.07, 6.45) is 2.87. The van der Waals surface area contributed by atoms with Gasteiger partial charge in [-0.3, -0.25) is 0 Å². The summed E-state index contributed by atoms with van der Waals surface area (Å²) in [6, 6.07) is 19.0. The van der Waals surface area contributed by atoms with E-state index in [2.05, 4.69) is 67.7 Å². The van der Waals surface area contributed by atoms with E-state index in [-0.39, 0.29) is 11.1 Å². The van der Waals surface area contributed by atoms with Gasteiger partial charge >= 0.3 is 0 Å². The molecule has 2 unspecified atom stereocenters. The normalized spacial score (nSPS) is 26.4. The summed E-state index contributed by atoms with van der Waals surface area (Å²) in [7, 11) is 1.75. The standard InChI is InChI=1S/C22H29NO2/c1-4-21(2)17-22(14-15-25-21,19-12-8-9-13-20(19)24-3)23-16-18-10-6-5-7-11-18/h5-13,23H,4,14-17H2,1-3H3. The number of ether oxygens (including phenoxy) is 2. The average Bonchev–Trinajstić information content (AvgIpc) is 2.67. The first kappa shape index (κ1) is 18.0. The van der Waals surface area contributed by atoms with Crippen LogP contribution >= 0.6 is 0 Å². The van der Waals surface area contributed by atoms with Crippen LogP contribution in [0.4, 0.5) is 0 Å². The Labute approximate surface area is 151 Å². The van der Waals surface area contributed by atoms with E-state index in [1.54, 1.807) is 7.11 Å². The van der Waals surface area contributed by atoms with E-state index >= 15 is 0 Å². The summed E-state index contributed by atoms with van der Waals surface area (Å²) in [6.45, 7) is 6.01. The van der Waals surface area contributed by atoms with Crippen LogP contribution in [0.15, 0.2) is 54.6 Å². The molecule has 134 valence electrons. The lowest BCUT2D eigenvalue weighted by atomic mass is 9.74. The molecule has 1 saturated heterocycles. The first-order valence-corrected chi connectivity index (χ1v) is 9.17. The smallest absolute Gasteiger partial charge is 0.123 e. The van der Waals surface area contributed by atoms with Crippen LogP contribution < -0.4 is 10.1 Å². The van der Waals surface area contributed by atoms with Crippen molar-refractivity contribution < 1.29 is 9.47 Å². The van der Waals surface area contributed by atoms with E-state index in [1.807, 2.05) is 6.07 Å². The van der Waals surface area contributed by atoms with E-state index in [4.69, 9.17) is 9.47 Å². The Kier molecular flexibility index (Phi) is 5.45. The van der Waals surface area contributed by atoms with Gasteiger partial charge in [0, 0.05) is 18.7 Å². The van der Waals surface area contributed by atoms with Crippen molar-refractivity contribution in [3.63, 3.8) is 0 Å². The van der Waals surface area contributed by atoms with Gasteiger partial charge < -0.3 is 14.8 Å². The maximum Gasteiger partial charge on any atom is 0.123 e. The molecule has 1 aliphatic heterocycles. The van der Waals surface area contributed by atoms with Crippen molar-refractivity contribution in [1.82, 2.24) is 5.32 Å². The van der Waals surface area contributed by atoms with Crippen LogP contribution in [0.1, 0.15) is 44.2 Å². The number of benzene rings is 2. The highest BCUT2D eigenvalue weighted by Crippen LogP contribution is 2.44. The molecule has 25 heavy (non-hydrogen) atoms. The first-order valence-electron chi connectivity index (χ1n) is 9.17. The number of hydrogen-bond acceptors (Lipinski definition) is 3. The van der Waals surface area contributed by atoms with Crippen LogP contribution in [0.2, 0.25) is 0 Å². The first-order chi connectivity index (χ1) is 12.1. The van der Waals surface area contributed by atoms with Crippen LogP contribution in [0, 0.1) is 0 Å². The van der Waals surface area contributed by atoms with Crippen LogP contribution in [-0.2, 0) is 16.8 Å². The number of para-hydroxylation sites is 1. The molecule has 1 N–H and O–H groups in total. The second-order valence-corrected chi connectivity index (χ2v) is 7.20. The summed E-state index contributed by atoms with van der Waals surface area (Å²) >= 11 is 0. The summed E-state index contributed by atoms with van der Waals surface area (Å²) in [4.78, 5) is 0. The highest BCUT2D eigenvalue weighted by molar-refractivity contribution is 5.40. The molecule has 0 bridgehead atoms. The van der Waals surface area contributed by atoms with Crippen molar-refractivity contribution in [2.45, 2.75) is 50.8 Å². The monoisotopic (exact) mass is 339 g/mol. The minimum Gasteiger partial charge on any atom is -0.496 e. The third-order valence-electron chi connectivity index (χ3n) is 5.50. The fourth-order valence-corrected chi connectivity index (χ4v) is 3.86. The largest absolute Gasteiger partial charge is 0.496 e. The second-order valence-electron chi connectivity index (χ2n) is 7.20. The van der Waals surface area contributed by atoms with Crippen molar-refractivity contribution in [1.29, 1.82) is 0 Å². The molecular formula is C22H29NO2. The fourth-order valence-electron chi connectivity index (χ4n) is 3.86. The van der Waals surface area contributed by atoms with Gasteiger partial charge in [0.15, 0.2) is 0 Å². The van der Waals surface area contributed by atoms with Gasteiger partial charge in [-0.15, -0.1) is 0 Å². The van der Waals surface area contributed by atoms with E-state index in [1.165, 1.54) is 11.1 Å². The van der Waals surface area contributed by atoms with Crippen molar-refractivity contribution in [3.05, 3.63) is 65.7 Å². The lowest BCUT2D eigenvalue weighted by Gasteiger charge is -2.47. The number of methoxy groups -OCH3 is 1. The molecule has 1 aliphatic rings. The zero-order valence-corrected chi connectivity index (χ0v) is 15.5. The van der Waals surface area contributed by atoms with Crippen LogP contribution in [0.3, 0.4) is 0 Å². The Morgan fingerprint density at radius 1 is 1.08 bits per heavy atom. The van der Waals surface area contributed by atoms with Crippen LogP contribution in [0.5, 0.6) is 5.75 Å². The molecule has 3 rings (SSSR count). The van der Waals surface area contributed by atoms with Crippen molar-refractivity contribution in [2.24, 2.45) is 0 Å². The summed E-state index contributed by atoms with van der Waals surface area (Å²) in [5.74, 6) is 0.948. The quantitative estimate of drug-likeness (QED) is 0.830. The minimum absolute atomic E-state index is 0.122. The number of rotatable bonds is 6. The SMILES string of the molecule is CCC1(C)CC(NCc2ccccc2)(c2ccccc2OC)CCO1. The predicted molar refractivity (Wildman–Crippen MR) is 102 cm³/mol. The molecular weight excluding hydrogens is 310 g/mol. The summed E-state index contributed by atoms with van der Waals surface area (Å²) < 4.78 is 11.8.